The molecule has 14 N–H and O–H groups in total. The summed E-state index contributed by atoms with van der Waals surface area (Å²) in [6.45, 7) is 4.31. The van der Waals surface area contributed by atoms with Crippen molar-refractivity contribution in [1.29, 1.82) is 0 Å². The first kappa shape index (κ1) is 33.5. The summed E-state index contributed by atoms with van der Waals surface area (Å²) in [6.07, 6.45) is 1.65. The zero-order chi connectivity index (χ0) is 28.5. The summed E-state index contributed by atoms with van der Waals surface area (Å²) < 4.78 is 0. The van der Waals surface area contributed by atoms with E-state index in [-0.39, 0.29) is 31.1 Å². The molecule has 0 aliphatic rings. The smallest absolute Gasteiger partial charge is 0.326 e. The summed E-state index contributed by atoms with van der Waals surface area (Å²) >= 11 is 0. The lowest BCUT2D eigenvalue weighted by molar-refractivity contribution is -0.144. The summed E-state index contributed by atoms with van der Waals surface area (Å²) in [5.74, 6) is -4.47. The Hall–Kier alpha value is -3.46. The second kappa shape index (κ2) is 17.9. The van der Waals surface area contributed by atoms with Crippen LogP contribution in [-0.2, 0) is 24.0 Å². The maximum Gasteiger partial charge on any atom is 0.326 e. The van der Waals surface area contributed by atoms with E-state index in [9.17, 15) is 29.1 Å². The molecule has 0 aromatic rings. The molecule has 212 valence electrons. The van der Waals surface area contributed by atoms with E-state index in [1.54, 1.807) is 0 Å². The average molecular weight is 530 g/mol. The molecule has 0 aromatic carbocycles. The van der Waals surface area contributed by atoms with Gasteiger partial charge in [-0.1, -0.05) is 13.8 Å². The molecule has 4 amide bonds. The van der Waals surface area contributed by atoms with Gasteiger partial charge >= 0.3 is 5.97 Å². The van der Waals surface area contributed by atoms with E-state index in [4.69, 9.17) is 28.7 Å². The van der Waals surface area contributed by atoms with Crippen molar-refractivity contribution in [3.05, 3.63) is 0 Å². The molecule has 0 saturated carbocycles. The SMILES string of the molecule is CC(C)CC(NC(=O)C(CCCCN)NC(=O)C(N)CCCN=C(N)N)C(=O)NC(CC(N)=O)C(=O)O. The number of carboxylic acids is 1. The van der Waals surface area contributed by atoms with Gasteiger partial charge in [0.25, 0.3) is 0 Å². The number of nitrogens with two attached hydrogens (primary N) is 5. The van der Waals surface area contributed by atoms with Crippen LogP contribution in [0.3, 0.4) is 0 Å². The number of hydrogen-bond donors (Lipinski definition) is 9. The summed E-state index contributed by atoms with van der Waals surface area (Å²) in [7, 11) is 0. The molecule has 0 aliphatic carbocycles. The van der Waals surface area contributed by atoms with Crippen molar-refractivity contribution >= 4 is 35.6 Å². The lowest BCUT2D eigenvalue weighted by Crippen LogP contribution is -2.57. The number of aliphatic carboxylic acids is 1. The monoisotopic (exact) mass is 529 g/mol. The van der Waals surface area contributed by atoms with Crippen LogP contribution in [0.2, 0.25) is 0 Å². The van der Waals surface area contributed by atoms with Gasteiger partial charge in [-0.2, -0.15) is 0 Å². The number of unbranched alkanes of at least 4 members (excludes halogenated alkanes) is 1. The molecule has 0 fully saturated rings. The second-order valence-electron chi connectivity index (χ2n) is 9.16. The first-order valence-electron chi connectivity index (χ1n) is 12.2. The molecule has 0 bridgehead atoms. The standard InChI is InChI=1S/C22H43N9O6/c1-12(2)10-15(20(35)31-16(21(36)37)11-17(25)32)30-19(34)14(7-3-4-8-23)29-18(33)13(24)6-5-9-28-22(26)27/h12-16H,3-11,23-24H2,1-2H3,(H2,25,32)(H,29,33)(H,30,34)(H,31,35)(H,36,37)(H4,26,27,28). The number of guanidine groups is 1. The molecule has 4 atom stereocenters. The predicted molar refractivity (Wildman–Crippen MR) is 137 cm³/mol. The predicted octanol–water partition coefficient (Wildman–Crippen LogP) is -3.04. The number of aliphatic imine (C=N–C) groups is 1. The van der Waals surface area contributed by atoms with Crippen LogP contribution >= 0.6 is 0 Å². The molecular formula is C22H43N9O6. The summed E-state index contributed by atoms with van der Waals surface area (Å²) in [5.41, 5.74) is 27.1. The molecule has 37 heavy (non-hydrogen) atoms. The average Bonchev–Trinajstić information content (AvgIpc) is 2.79. The number of carboxylic acid groups (broad SMARTS) is 1. The van der Waals surface area contributed by atoms with Crippen molar-refractivity contribution in [2.24, 2.45) is 39.6 Å². The van der Waals surface area contributed by atoms with Crippen molar-refractivity contribution in [2.45, 2.75) is 83.0 Å². The van der Waals surface area contributed by atoms with Crippen molar-refractivity contribution in [2.75, 3.05) is 13.1 Å². The van der Waals surface area contributed by atoms with Crippen LogP contribution in [0.1, 0.15) is 58.8 Å². The number of carbonyl (C=O) groups is 5. The van der Waals surface area contributed by atoms with Crippen LogP contribution in [0.15, 0.2) is 4.99 Å². The fourth-order valence-corrected chi connectivity index (χ4v) is 3.34. The lowest BCUT2D eigenvalue weighted by atomic mass is 10.0. The Bertz CT molecular complexity index is 802. The summed E-state index contributed by atoms with van der Waals surface area (Å²) in [6, 6.07) is -4.59. The van der Waals surface area contributed by atoms with Gasteiger partial charge in [-0.15, -0.1) is 0 Å². The fourth-order valence-electron chi connectivity index (χ4n) is 3.34. The molecule has 0 radical (unpaired) electrons. The number of nitrogens with zero attached hydrogens (tertiary/aromatic N) is 1. The van der Waals surface area contributed by atoms with Gasteiger partial charge in [0.1, 0.15) is 18.1 Å². The Morgan fingerprint density at radius 3 is 1.89 bits per heavy atom. The van der Waals surface area contributed by atoms with Crippen LogP contribution < -0.4 is 44.6 Å². The Balaban J connectivity index is 5.45. The van der Waals surface area contributed by atoms with E-state index in [1.165, 1.54) is 0 Å². The van der Waals surface area contributed by atoms with Crippen molar-refractivity contribution < 1.29 is 29.1 Å². The van der Waals surface area contributed by atoms with Crippen LogP contribution in [0.5, 0.6) is 0 Å². The fraction of sp³-hybridized carbons (Fsp3) is 0.727. The van der Waals surface area contributed by atoms with E-state index in [0.29, 0.717) is 32.4 Å². The van der Waals surface area contributed by atoms with Crippen LogP contribution in [-0.4, -0.2) is 77.9 Å². The topological polar surface area (TPSA) is 284 Å². The molecule has 0 spiro atoms. The summed E-state index contributed by atoms with van der Waals surface area (Å²) in [4.78, 5) is 65.0. The third kappa shape index (κ3) is 15.3. The minimum atomic E-state index is -1.55. The highest BCUT2D eigenvalue weighted by Gasteiger charge is 2.31. The molecule has 4 unspecified atom stereocenters. The van der Waals surface area contributed by atoms with E-state index in [0.717, 1.165) is 0 Å². The van der Waals surface area contributed by atoms with E-state index >= 15 is 0 Å². The van der Waals surface area contributed by atoms with Gasteiger partial charge in [0.15, 0.2) is 5.96 Å². The van der Waals surface area contributed by atoms with Crippen LogP contribution in [0.25, 0.3) is 0 Å². The molecular weight excluding hydrogens is 486 g/mol. The van der Waals surface area contributed by atoms with Gasteiger partial charge in [-0.3, -0.25) is 24.2 Å². The first-order chi connectivity index (χ1) is 17.3. The minimum absolute atomic E-state index is 0.0561. The number of hydrogen-bond acceptors (Lipinski definition) is 8. The number of nitrogens with one attached hydrogen (secondary N) is 3. The van der Waals surface area contributed by atoms with Gasteiger partial charge in [0, 0.05) is 6.54 Å². The summed E-state index contributed by atoms with van der Waals surface area (Å²) in [5, 5.41) is 16.7. The Morgan fingerprint density at radius 1 is 0.811 bits per heavy atom. The second-order valence-corrected chi connectivity index (χ2v) is 9.16. The Morgan fingerprint density at radius 2 is 1.38 bits per heavy atom. The van der Waals surface area contributed by atoms with Crippen molar-refractivity contribution in [1.82, 2.24) is 16.0 Å². The van der Waals surface area contributed by atoms with Gasteiger partial charge < -0.3 is 49.7 Å². The highest BCUT2D eigenvalue weighted by atomic mass is 16.4. The van der Waals surface area contributed by atoms with Crippen LogP contribution in [0.4, 0.5) is 0 Å². The molecule has 15 heteroatoms. The zero-order valence-corrected chi connectivity index (χ0v) is 21.6. The van der Waals surface area contributed by atoms with Crippen LogP contribution in [0, 0.1) is 5.92 Å². The molecule has 0 aliphatic heterocycles. The van der Waals surface area contributed by atoms with E-state index in [1.807, 2.05) is 13.8 Å². The maximum atomic E-state index is 13.1. The quantitative estimate of drug-likeness (QED) is 0.0463. The largest absolute Gasteiger partial charge is 0.480 e. The third-order valence-electron chi connectivity index (χ3n) is 5.24. The molecule has 15 nitrogen and oxygen atoms in total. The normalized spacial score (nSPS) is 14.1. The van der Waals surface area contributed by atoms with Gasteiger partial charge in [0.2, 0.25) is 23.6 Å². The maximum absolute atomic E-state index is 13.1. The minimum Gasteiger partial charge on any atom is -0.480 e. The Labute approximate surface area is 216 Å². The zero-order valence-electron chi connectivity index (χ0n) is 21.6. The molecule has 0 rings (SSSR count). The number of amides is 4. The van der Waals surface area contributed by atoms with Crippen molar-refractivity contribution in [3.63, 3.8) is 0 Å². The lowest BCUT2D eigenvalue weighted by Gasteiger charge is -2.26. The number of rotatable bonds is 19. The number of primary amides is 1. The Kier molecular flexibility index (Phi) is 16.2. The number of carbonyl (C=O) groups excluding carboxylic acids is 4. The van der Waals surface area contributed by atoms with E-state index < -0.39 is 60.2 Å². The molecule has 0 aromatic heterocycles. The first-order valence-corrected chi connectivity index (χ1v) is 12.2. The van der Waals surface area contributed by atoms with Crippen molar-refractivity contribution in [3.8, 4) is 0 Å². The van der Waals surface area contributed by atoms with Gasteiger partial charge in [0.05, 0.1) is 12.5 Å². The molecule has 0 saturated heterocycles. The van der Waals surface area contributed by atoms with Gasteiger partial charge in [-0.25, -0.2) is 4.79 Å². The highest BCUT2D eigenvalue weighted by molar-refractivity contribution is 5.94. The van der Waals surface area contributed by atoms with Gasteiger partial charge in [-0.05, 0) is 51.0 Å². The third-order valence-corrected chi connectivity index (χ3v) is 5.24. The highest BCUT2D eigenvalue weighted by Crippen LogP contribution is 2.09. The molecule has 0 heterocycles. The van der Waals surface area contributed by atoms with E-state index in [2.05, 4.69) is 20.9 Å².